The Morgan fingerprint density at radius 2 is 2.04 bits per heavy atom. The lowest BCUT2D eigenvalue weighted by Gasteiger charge is -2.16. The summed E-state index contributed by atoms with van der Waals surface area (Å²) in [6, 6.07) is 14.3. The number of nitrogens with zero attached hydrogens (tertiary/aromatic N) is 1. The van der Waals surface area contributed by atoms with Gasteiger partial charge in [0, 0.05) is 0 Å². The van der Waals surface area contributed by atoms with Crippen molar-refractivity contribution in [2.75, 3.05) is 12.0 Å². The van der Waals surface area contributed by atoms with Gasteiger partial charge in [-0.1, -0.05) is 36.0 Å². The van der Waals surface area contributed by atoms with E-state index in [9.17, 15) is 9.90 Å². The minimum Gasteiger partial charge on any atom is -0.504 e. The lowest BCUT2D eigenvalue weighted by atomic mass is 10.2. The van der Waals surface area contributed by atoms with E-state index in [1.54, 1.807) is 24.3 Å². The fourth-order valence-corrected chi connectivity index (χ4v) is 3.43. The Morgan fingerprint density at radius 1 is 1.28 bits per heavy atom. The van der Waals surface area contributed by atoms with Gasteiger partial charge >= 0.3 is 0 Å². The molecule has 1 aliphatic heterocycles. The summed E-state index contributed by atoms with van der Waals surface area (Å²) in [5.41, 5.74) is 4.55. The number of hydrogen-bond acceptors (Lipinski definition) is 6. The van der Waals surface area contributed by atoms with Gasteiger partial charge in [0.1, 0.15) is 0 Å². The van der Waals surface area contributed by atoms with Crippen molar-refractivity contribution in [1.29, 1.82) is 0 Å². The van der Waals surface area contributed by atoms with E-state index in [0.29, 0.717) is 21.6 Å². The lowest BCUT2D eigenvalue weighted by Crippen LogP contribution is -2.33. The van der Waals surface area contributed by atoms with Crippen molar-refractivity contribution in [3.63, 3.8) is 0 Å². The van der Waals surface area contributed by atoms with Crippen molar-refractivity contribution in [3.05, 3.63) is 59.0 Å². The number of phenolic OH excluding ortho intramolecular Hbond substituents is 1. The summed E-state index contributed by atoms with van der Waals surface area (Å²) in [5.74, 6) is 0.233. The molecule has 1 heterocycles. The maximum atomic E-state index is 12.6. The van der Waals surface area contributed by atoms with E-state index in [0.717, 1.165) is 11.3 Å². The van der Waals surface area contributed by atoms with Crippen LogP contribution in [0, 0.1) is 0 Å². The van der Waals surface area contributed by atoms with E-state index >= 15 is 0 Å². The van der Waals surface area contributed by atoms with Crippen molar-refractivity contribution in [3.8, 4) is 11.5 Å². The van der Waals surface area contributed by atoms with Gasteiger partial charge in [0.05, 0.1) is 17.2 Å². The molecular formula is C18H16N2O3S2. The molecule has 0 spiro atoms. The average molecular weight is 372 g/mol. The van der Waals surface area contributed by atoms with Gasteiger partial charge in [-0.05, 0) is 55.0 Å². The number of hydrazine groups is 1. The van der Waals surface area contributed by atoms with Crippen LogP contribution < -0.4 is 10.2 Å². The zero-order valence-electron chi connectivity index (χ0n) is 13.4. The largest absolute Gasteiger partial charge is 0.504 e. The van der Waals surface area contributed by atoms with Crippen molar-refractivity contribution < 1.29 is 14.6 Å². The summed E-state index contributed by atoms with van der Waals surface area (Å²) in [4.78, 5) is 13.1. The number of hydrogen-bond donors (Lipinski definition) is 2. The number of rotatable bonds is 5. The molecule has 25 heavy (non-hydrogen) atoms. The summed E-state index contributed by atoms with van der Waals surface area (Å²) < 4.78 is 5.80. The van der Waals surface area contributed by atoms with Gasteiger partial charge < -0.3 is 9.84 Å². The molecule has 3 rings (SSSR count). The molecule has 0 atom stereocenters. The summed E-state index contributed by atoms with van der Waals surface area (Å²) in [7, 11) is 0. The van der Waals surface area contributed by atoms with Gasteiger partial charge in [-0.2, -0.15) is 0 Å². The average Bonchev–Trinajstić information content (AvgIpc) is 2.86. The maximum absolute atomic E-state index is 12.6. The Morgan fingerprint density at radius 3 is 2.76 bits per heavy atom. The minimum absolute atomic E-state index is 0.0669. The maximum Gasteiger partial charge on any atom is 0.285 e. The molecule has 2 N–H and O–H groups in total. The third-order valence-corrected chi connectivity index (χ3v) is 4.69. The second-order valence-corrected chi connectivity index (χ2v) is 6.83. The van der Waals surface area contributed by atoms with Crippen molar-refractivity contribution in [2.45, 2.75) is 6.92 Å². The van der Waals surface area contributed by atoms with Crippen LogP contribution in [0.3, 0.4) is 0 Å². The first-order chi connectivity index (χ1) is 12.1. The van der Waals surface area contributed by atoms with Crippen LogP contribution in [0.5, 0.6) is 11.5 Å². The van der Waals surface area contributed by atoms with E-state index in [1.807, 2.05) is 37.3 Å². The highest BCUT2D eigenvalue weighted by atomic mass is 32.2. The predicted octanol–water partition coefficient (Wildman–Crippen LogP) is 4.02. The Hall–Kier alpha value is -2.51. The molecule has 1 aliphatic rings. The molecule has 128 valence electrons. The van der Waals surface area contributed by atoms with E-state index in [1.165, 1.54) is 16.8 Å². The van der Waals surface area contributed by atoms with Gasteiger partial charge in [0.15, 0.2) is 15.8 Å². The van der Waals surface area contributed by atoms with E-state index in [-0.39, 0.29) is 11.7 Å². The zero-order valence-corrected chi connectivity index (χ0v) is 15.1. The number of thiocarbonyl (C=S) groups is 1. The van der Waals surface area contributed by atoms with E-state index in [2.05, 4.69) is 5.43 Å². The van der Waals surface area contributed by atoms with Gasteiger partial charge in [-0.3, -0.25) is 10.2 Å². The molecule has 0 aromatic heterocycles. The topological polar surface area (TPSA) is 61.8 Å². The van der Waals surface area contributed by atoms with Crippen LogP contribution in [0.1, 0.15) is 12.5 Å². The Kier molecular flexibility index (Phi) is 5.25. The highest BCUT2D eigenvalue weighted by molar-refractivity contribution is 8.26. The smallest absolute Gasteiger partial charge is 0.285 e. The fraction of sp³-hybridized carbons (Fsp3) is 0.111. The number of phenols is 1. The molecule has 2 aromatic rings. The van der Waals surface area contributed by atoms with Crippen LogP contribution in [0.2, 0.25) is 0 Å². The summed E-state index contributed by atoms with van der Waals surface area (Å²) >= 11 is 6.52. The highest BCUT2D eigenvalue weighted by Gasteiger charge is 2.32. The number of carbonyl (C=O) groups excluding carboxylic acids is 1. The molecule has 5 nitrogen and oxygen atoms in total. The highest BCUT2D eigenvalue weighted by Crippen LogP contribution is 2.34. The molecule has 0 radical (unpaired) electrons. The third kappa shape index (κ3) is 3.94. The quantitative estimate of drug-likeness (QED) is 0.611. The first-order valence-electron chi connectivity index (χ1n) is 7.64. The van der Waals surface area contributed by atoms with Crippen LogP contribution in [0.4, 0.5) is 5.69 Å². The van der Waals surface area contributed by atoms with Gasteiger partial charge in [0.25, 0.3) is 5.91 Å². The number of thioether (sulfide) groups is 1. The third-order valence-electron chi connectivity index (χ3n) is 3.39. The number of benzene rings is 2. The van der Waals surface area contributed by atoms with Crippen LogP contribution >= 0.6 is 24.0 Å². The molecule has 0 saturated carbocycles. The zero-order chi connectivity index (χ0) is 17.8. The van der Waals surface area contributed by atoms with E-state index in [4.69, 9.17) is 17.0 Å². The molecule has 2 aromatic carbocycles. The second kappa shape index (κ2) is 7.58. The summed E-state index contributed by atoms with van der Waals surface area (Å²) in [5, 5.41) is 11.1. The van der Waals surface area contributed by atoms with Gasteiger partial charge in [-0.15, -0.1) is 0 Å². The van der Waals surface area contributed by atoms with Crippen LogP contribution in [-0.4, -0.2) is 27.0 Å². The molecule has 0 unspecified atom stereocenters. The lowest BCUT2D eigenvalue weighted by molar-refractivity contribution is -0.121. The van der Waals surface area contributed by atoms with Crippen molar-refractivity contribution in [2.24, 2.45) is 0 Å². The number of anilines is 1. The second-order valence-electron chi connectivity index (χ2n) is 5.16. The van der Waals surface area contributed by atoms with Gasteiger partial charge in [-0.25, -0.2) is 5.01 Å². The minimum atomic E-state index is -0.218. The number of aromatic hydroxyl groups is 1. The van der Waals surface area contributed by atoms with Crippen molar-refractivity contribution >= 4 is 46.0 Å². The molecule has 7 heteroatoms. The van der Waals surface area contributed by atoms with Crippen LogP contribution in [0.15, 0.2) is 53.4 Å². The fourth-order valence-electron chi connectivity index (χ4n) is 2.25. The number of nitrogens with one attached hydrogen (secondary N) is 1. The molecular weight excluding hydrogens is 356 g/mol. The van der Waals surface area contributed by atoms with Gasteiger partial charge in [0.2, 0.25) is 0 Å². The number of carbonyl (C=O) groups is 1. The summed E-state index contributed by atoms with van der Waals surface area (Å²) in [6.45, 7) is 2.28. The predicted molar refractivity (Wildman–Crippen MR) is 104 cm³/mol. The van der Waals surface area contributed by atoms with Crippen molar-refractivity contribution in [1.82, 2.24) is 5.01 Å². The molecule has 0 aliphatic carbocycles. The Bertz CT molecular complexity index is 837. The van der Waals surface area contributed by atoms with E-state index < -0.39 is 0 Å². The number of para-hydroxylation sites is 1. The number of amides is 1. The molecule has 1 fully saturated rings. The normalized spacial score (nSPS) is 15.7. The molecule has 1 amide bonds. The van der Waals surface area contributed by atoms with Crippen LogP contribution in [0.25, 0.3) is 6.08 Å². The summed E-state index contributed by atoms with van der Waals surface area (Å²) in [6.07, 6.45) is 1.73. The monoisotopic (exact) mass is 372 g/mol. The first kappa shape index (κ1) is 17.3. The first-order valence-corrected chi connectivity index (χ1v) is 8.86. The standard InChI is InChI=1S/C18H16N2O3S2/c1-2-23-15-10-12(8-9-14(15)21)11-16-17(22)20(18(24)25-16)19-13-6-4-3-5-7-13/h3-11,19,21H,2H2,1H3/b16-11+. The molecule has 0 bridgehead atoms. The SMILES string of the molecule is CCOc1cc(/C=C2/SC(=S)N(Nc3ccccc3)C2=O)ccc1O. The Labute approximate surface area is 155 Å². The van der Waals surface area contributed by atoms with Crippen LogP contribution in [-0.2, 0) is 4.79 Å². The number of ether oxygens (including phenoxy) is 1. The Balaban J connectivity index is 1.82. The molecule has 1 saturated heterocycles.